The molecule has 1 rings (SSSR count). The first-order valence-electron chi connectivity index (χ1n) is 4.97. The van der Waals surface area contributed by atoms with Crippen LogP contribution in [0.2, 0.25) is 0 Å². The van der Waals surface area contributed by atoms with Gasteiger partial charge in [0.05, 0.1) is 6.21 Å². The molecule has 0 radical (unpaired) electrons. The lowest BCUT2D eigenvalue weighted by molar-refractivity contribution is -0.653. The summed E-state index contributed by atoms with van der Waals surface area (Å²) in [5, 5.41) is 5.79. The molecular formula is C10H19N4O+. The first-order valence-corrected chi connectivity index (χ1v) is 4.97. The summed E-state index contributed by atoms with van der Waals surface area (Å²) >= 11 is 0. The molecule has 0 bridgehead atoms. The third-order valence-electron chi connectivity index (χ3n) is 2.44. The molecule has 5 heteroatoms. The molecule has 84 valence electrons. The maximum atomic E-state index is 11.9. The number of nitroso groups, excluding NO2 is 1. The number of hydrogen-bond acceptors (Lipinski definition) is 4. The van der Waals surface area contributed by atoms with E-state index in [1.165, 1.54) is 0 Å². The zero-order chi connectivity index (χ0) is 11.9. The zero-order valence-corrected chi connectivity index (χ0v) is 10.3. The Morgan fingerprint density at radius 1 is 1.33 bits per heavy atom. The normalized spacial score (nSPS) is 23.3. The summed E-state index contributed by atoms with van der Waals surface area (Å²) < 4.78 is 1.01. The van der Waals surface area contributed by atoms with Gasteiger partial charge in [-0.3, -0.25) is 0 Å². The van der Waals surface area contributed by atoms with Crippen molar-refractivity contribution in [3.63, 3.8) is 0 Å². The van der Waals surface area contributed by atoms with E-state index in [-0.39, 0.29) is 0 Å². The summed E-state index contributed by atoms with van der Waals surface area (Å²) in [6.07, 6.45) is 1.65. The maximum Gasteiger partial charge on any atom is 0.298 e. The molecule has 0 aliphatic carbocycles. The number of aliphatic imine (C=N–C) groups is 1. The van der Waals surface area contributed by atoms with Gasteiger partial charge in [0.15, 0.2) is 0 Å². The van der Waals surface area contributed by atoms with Gasteiger partial charge in [-0.05, 0) is 0 Å². The van der Waals surface area contributed by atoms with Crippen molar-refractivity contribution in [2.24, 2.45) is 10.1 Å². The Bertz CT molecular complexity index is 339. The van der Waals surface area contributed by atoms with Crippen LogP contribution in [0.4, 0.5) is 0 Å². The summed E-state index contributed by atoms with van der Waals surface area (Å²) in [5.74, 6) is 0. The van der Waals surface area contributed by atoms with Gasteiger partial charge >= 0.3 is 0 Å². The highest BCUT2D eigenvalue weighted by molar-refractivity contribution is 6.34. The minimum absolute atomic E-state index is 0.608. The second-order valence-electron chi connectivity index (χ2n) is 4.94. The Morgan fingerprint density at radius 3 is 2.20 bits per heavy atom. The molecule has 0 spiro atoms. The van der Waals surface area contributed by atoms with Crippen LogP contribution in [0.15, 0.2) is 10.1 Å². The van der Waals surface area contributed by atoms with Crippen molar-refractivity contribution in [1.29, 1.82) is 0 Å². The Morgan fingerprint density at radius 2 is 1.87 bits per heavy atom. The van der Waals surface area contributed by atoms with Crippen LogP contribution in [-0.2, 0) is 0 Å². The second kappa shape index (κ2) is 3.40. The van der Waals surface area contributed by atoms with Crippen molar-refractivity contribution in [2.45, 2.75) is 38.9 Å². The van der Waals surface area contributed by atoms with Gasteiger partial charge < -0.3 is 5.01 Å². The highest BCUT2D eigenvalue weighted by Gasteiger charge is 2.56. The number of hydrogen-bond donors (Lipinski definition) is 0. The predicted octanol–water partition coefficient (Wildman–Crippen LogP) is 1.28. The van der Waals surface area contributed by atoms with Crippen LogP contribution >= 0.6 is 0 Å². The van der Waals surface area contributed by atoms with E-state index in [1.807, 2.05) is 27.9 Å². The van der Waals surface area contributed by atoms with Gasteiger partial charge in [-0.2, -0.15) is 5.10 Å². The standard InChI is InChI=1S/C10H19N4O/c1-9(2)8(7-11-13(5)6)12-10(3,4)14(9)15/h7H,1-6H3/q+1/b11-7+. The zero-order valence-electron chi connectivity index (χ0n) is 10.3. The van der Waals surface area contributed by atoms with Crippen LogP contribution in [0.25, 0.3) is 0 Å². The van der Waals surface area contributed by atoms with Crippen molar-refractivity contribution in [2.75, 3.05) is 14.1 Å². The molecule has 0 aromatic carbocycles. The molecule has 15 heavy (non-hydrogen) atoms. The molecule has 1 heterocycles. The lowest BCUT2D eigenvalue weighted by Crippen LogP contribution is -2.44. The lowest BCUT2D eigenvalue weighted by Gasteiger charge is -2.12. The number of hydrazone groups is 1. The summed E-state index contributed by atoms with van der Waals surface area (Å²) in [6, 6.07) is 0. The third kappa shape index (κ3) is 2.06. The molecular weight excluding hydrogens is 192 g/mol. The molecule has 0 unspecified atom stereocenters. The molecule has 0 saturated heterocycles. The smallest absolute Gasteiger partial charge is 0.298 e. The fourth-order valence-corrected chi connectivity index (χ4v) is 1.62. The third-order valence-corrected chi connectivity index (χ3v) is 2.44. The van der Waals surface area contributed by atoms with Gasteiger partial charge in [-0.1, -0.05) is 0 Å². The predicted molar refractivity (Wildman–Crippen MR) is 61.4 cm³/mol. The maximum absolute atomic E-state index is 11.9. The van der Waals surface area contributed by atoms with E-state index in [9.17, 15) is 4.91 Å². The Balaban J connectivity index is 3.04. The van der Waals surface area contributed by atoms with Gasteiger partial charge in [-0.15, -0.1) is 0 Å². The average Bonchev–Trinajstić information content (AvgIpc) is 2.23. The molecule has 0 fully saturated rings. The molecule has 0 aromatic heterocycles. The molecule has 1 aliphatic heterocycles. The monoisotopic (exact) mass is 211 g/mol. The van der Waals surface area contributed by atoms with Crippen molar-refractivity contribution in [3.8, 4) is 0 Å². The van der Waals surface area contributed by atoms with Gasteiger partial charge in [-0.25, -0.2) is 4.99 Å². The molecule has 5 nitrogen and oxygen atoms in total. The van der Waals surface area contributed by atoms with Gasteiger partial charge in [0, 0.05) is 51.5 Å². The number of rotatable bonds is 2. The average molecular weight is 211 g/mol. The lowest BCUT2D eigenvalue weighted by atomic mass is 10.00. The molecule has 0 atom stereocenters. The quantitative estimate of drug-likeness (QED) is 0.392. The summed E-state index contributed by atoms with van der Waals surface area (Å²) in [4.78, 5) is 16.3. The van der Waals surface area contributed by atoms with Gasteiger partial charge in [0.25, 0.3) is 11.2 Å². The Hall–Kier alpha value is -1.26. The fraction of sp³-hybridized carbons (Fsp3) is 0.800. The molecule has 0 N–H and O–H groups in total. The van der Waals surface area contributed by atoms with Crippen LogP contribution < -0.4 is 0 Å². The van der Waals surface area contributed by atoms with Crippen molar-refractivity contribution >= 4 is 11.9 Å². The van der Waals surface area contributed by atoms with Crippen molar-refractivity contribution in [1.82, 2.24) is 5.01 Å². The Labute approximate surface area is 90.4 Å². The highest BCUT2D eigenvalue weighted by Crippen LogP contribution is 2.29. The van der Waals surface area contributed by atoms with E-state index in [1.54, 1.807) is 25.1 Å². The van der Waals surface area contributed by atoms with Crippen LogP contribution in [0.1, 0.15) is 27.7 Å². The van der Waals surface area contributed by atoms with Crippen LogP contribution in [0.5, 0.6) is 0 Å². The van der Waals surface area contributed by atoms with Crippen LogP contribution in [0, 0.1) is 4.91 Å². The second-order valence-corrected chi connectivity index (χ2v) is 4.94. The summed E-state index contributed by atoms with van der Waals surface area (Å²) in [5.41, 5.74) is -0.587. The Kier molecular flexibility index (Phi) is 2.67. The minimum Gasteiger partial charge on any atom is -0.303 e. The molecule has 0 amide bonds. The number of nitrogens with zero attached hydrogens (tertiary/aromatic N) is 4. The van der Waals surface area contributed by atoms with Gasteiger partial charge in [0.2, 0.25) is 0 Å². The fourth-order valence-electron chi connectivity index (χ4n) is 1.62. The summed E-state index contributed by atoms with van der Waals surface area (Å²) in [7, 11) is 3.66. The minimum atomic E-state index is -0.697. The van der Waals surface area contributed by atoms with Crippen molar-refractivity contribution in [3.05, 3.63) is 4.91 Å². The van der Waals surface area contributed by atoms with Crippen LogP contribution in [0.3, 0.4) is 0 Å². The first kappa shape index (κ1) is 11.8. The van der Waals surface area contributed by atoms with E-state index in [0.29, 0.717) is 0 Å². The summed E-state index contributed by atoms with van der Waals surface area (Å²) in [6.45, 7) is 7.32. The van der Waals surface area contributed by atoms with Crippen molar-refractivity contribution < 1.29 is 4.76 Å². The first-order chi connectivity index (χ1) is 6.68. The van der Waals surface area contributed by atoms with E-state index in [2.05, 4.69) is 10.1 Å². The van der Waals surface area contributed by atoms with E-state index >= 15 is 0 Å². The van der Waals surface area contributed by atoms with E-state index in [0.717, 1.165) is 10.5 Å². The van der Waals surface area contributed by atoms with Crippen LogP contribution in [-0.4, -0.2) is 47.0 Å². The van der Waals surface area contributed by atoms with E-state index < -0.39 is 11.2 Å². The highest BCUT2D eigenvalue weighted by atomic mass is 16.3. The largest absolute Gasteiger partial charge is 0.303 e. The topological polar surface area (TPSA) is 48.0 Å². The SMILES string of the molecule is CN(C)/N=C/C1=NC(C)(C)[N+](=O)C1(C)C. The molecule has 0 saturated carbocycles. The van der Waals surface area contributed by atoms with Gasteiger partial charge in [0.1, 0.15) is 5.71 Å². The molecule has 0 aromatic rings. The molecule has 1 aliphatic rings. The van der Waals surface area contributed by atoms with E-state index in [4.69, 9.17) is 0 Å².